The summed E-state index contributed by atoms with van der Waals surface area (Å²) in [6.45, 7) is 12.6. The molecule has 0 radical (unpaired) electrons. The van der Waals surface area contributed by atoms with E-state index >= 15 is 0 Å². The Morgan fingerprint density at radius 1 is 1.05 bits per heavy atom. The highest BCUT2D eigenvalue weighted by Gasteiger charge is 2.28. The van der Waals surface area contributed by atoms with Crippen LogP contribution in [0, 0.1) is 5.92 Å². The van der Waals surface area contributed by atoms with Crippen LogP contribution in [-0.4, -0.2) is 78.4 Å². The topological polar surface area (TPSA) is 69.9 Å². The molecule has 2 amide bonds. The Labute approximate surface area is 128 Å². The van der Waals surface area contributed by atoms with Gasteiger partial charge in [0.1, 0.15) is 0 Å². The molecule has 1 rings (SSSR count). The fourth-order valence-corrected chi connectivity index (χ4v) is 2.41. The van der Waals surface area contributed by atoms with E-state index in [2.05, 4.69) is 18.7 Å². The number of likely N-dealkylation sites (N-methyl/N-ethyl adjacent to an activating group) is 1. The van der Waals surface area contributed by atoms with Crippen molar-refractivity contribution in [2.45, 2.75) is 33.7 Å². The first kappa shape index (κ1) is 17.9. The molecule has 1 aliphatic heterocycles. The van der Waals surface area contributed by atoms with E-state index in [1.807, 2.05) is 18.7 Å². The number of carbonyl (C=O) groups excluding carboxylic acids is 2. The van der Waals surface area contributed by atoms with Crippen LogP contribution in [0.5, 0.6) is 0 Å². The molecule has 0 saturated carbocycles. The van der Waals surface area contributed by atoms with E-state index in [1.165, 1.54) is 0 Å². The van der Waals surface area contributed by atoms with E-state index < -0.39 is 6.04 Å². The van der Waals surface area contributed by atoms with Gasteiger partial charge >= 0.3 is 0 Å². The van der Waals surface area contributed by atoms with Crippen LogP contribution in [0.25, 0.3) is 0 Å². The summed E-state index contributed by atoms with van der Waals surface area (Å²) in [5, 5.41) is 0. The second-order valence-corrected chi connectivity index (χ2v) is 5.94. The van der Waals surface area contributed by atoms with Crippen molar-refractivity contribution < 1.29 is 9.59 Å². The van der Waals surface area contributed by atoms with Crippen LogP contribution in [0.3, 0.4) is 0 Å². The third-order valence-electron chi connectivity index (χ3n) is 4.20. The highest BCUT2D eigenvalue weighted by atomic mass is 16.2. The Bertz CT molecular complexity index is 348. The first-order valence-electron chi connectivity index (χ1n) is 7.95. The van der Waals surface area contributed by atoms with Crippen LogP contribution in [0.15, 0.2) is 0 Å². The van der Waals surface area contributed by atoms with Gasteiger partial charge in [0.2, 0.25) is 11.8 Å². The Hall–Kier alpha value is -1.14. The van der Waals surface area contributed by atoms with Gasteiger partial charge in [-0.1, -0.05) is 27.7 Å². The lowest BCUT2D eigenvalue weighted by atomic mass is 10.0. The molecule has 1 heterocycles. The molecule has 0 aromatic heterocycles. The Morgan fingerprint density at radius 3 is 1.95 bits per heavy atom. The maximum Gasteiger partial charge on any atom is 0.239 e. The van der Waals surface area contributed by atoms with Gasteiger partial charge in [-0.15, -0.1) is 0 Å². The molecule has 1 saturated heterocycles. The molecule has 6 nitrogen and oxygen atoms in total. The number of hydrogen-bond acceptors (Lipinski definition) is 4. The molecule has 1 fully saturated rings. The minimum Gasteiger partial charge on any atom is -0.338 e. The zero-order valence-electron chi connectivity index (χ0n) is 13.8. The van der Waals surface area contributed by atoms with E-state index in [-0.39, 0.29) is 17.7 Å². The van der Waals surface area contributed by atoms with Crippen molar-refractivity contribution in [1.82, 2.24) is 14.7 Å². The van der Waals surface area contributed by atoms with Crippen LogP contribution >= 0.6 is 0 Å². The standard InChI is InChI=1S/C15H30N4O2/c1-5-17(6-2)11-13(20)18-7-9-19(10-8-18)15(21)14(16)12(3)4/h12,14H,5-11,16H2,1-4H3/t14-/m0/s1. The smallest absolute Gasteiger partial charge is 0.239 e. The number of nitrogens with two attached hydrogens (primary N) is 1. The van der Waals surface area contributed by atoms with E-state index in [1.54, 1.807) is 4.90 Å². The number of carbonyl (C=O) groups is 2. The zero-order chi connectivity index (χ0) is 16.0. The Kier molecular flexibility index (Phi) is 7.11. The SMILES string of the molecule is CCN(CC)CC(=O)N1CCN(C(=O)[C@@H](N)C(C)C)CC1. The molecule has 0 bridgehead atoms. The van der Waals surface area contributed by atoms with E-state index in [9.17, 15) is 9.59 Å². The average Bonchev–Trinajstić information content (AvgIpc) is 2.50. The van der Waals surface area contributed by atoms with Gasteiger partial charge < -0.3 is 15.5 Å². The van der Waals surface area contributed by atoms with Gasteiger partial charge in [-0.05, 0) is 19.0 Å². The summed E-state index contributed by atoms with van der Waals surface area (Å²) in [6, 6.07) is -0.442. The second kappa shape index (κ2) is 8.34. The molecular weight excluding hydrogens is 268 g/mol. The number of nitrogens with zero attached hydrogens (tertiary/aromatic N) is 3. The maximum atomic E-state index is 12.2. The second-order valence-electron chi connectivity index (χ2n) is 5.94. The summed E-state index contributed by atoms with van der Waals surface area (Å²) in [4.78, 5) is 30.1. The molecule has 1 aliphatic rings. The number of rotatable bonds is 6. The van der Waals surface area contributed by atoms with Crippen molar-refractivity contribution in [2.24, 2.45) is 11.7 Å². The highest BCUT2D eigenvalue weighted by molar-refractivity contribution is 5.83. The van der Waals surface area contributed by atoms with Crippen molar-refractivity contribution in [2.75, 3.05) is 45.8 Å². The van der Waals surface area contributed by atoms with E-state index in [4.69, 9.17) is 5.73 Å². The minimum atomic E-state index is -0.442. The van der Waals surface area contributed by atoms with E-state index in [0.717, 1.165) is 13.1 Å². The van der Waals surface area contributed by atoms with E-state index in [0.29, 0.717) is 32.7 Å². The van der Waals surface area contributed by atoms with Gasteiger partial charge in [-0.2, -0.15) is 0 Å². The van der Waals surface area contributed by atoms with Crippen LogP contribution in [0.1, 0.15) is 27.7 Å². The molecule has 2 N–H and O–H groups in total. The normalized spacial score (nSPS) is 17.5. The van der Waals surface area contributed by atoms with Gasteiger partial charge in [0.05, 0.1) is 12.6 Å². The molecule has 1 atom stereocenters. The lowest BCUT2D eigenvalue weighted by Crippen LogP contribution is -2.56. The molecule has 0 spiro atoms. The Balaban J connectivity index is 2.45. The quantitative estimate of drug-likeness (QED) is 0.748. The summed E-state index contributed by atoms with van der Waals surface area (Å²) in [5.41, 5.74) is 5.91. The van der Waals surface area contributed by atoms with Crippen molar-refractivity contribution in [1.29, 1.82) is 0 Å². The molecule has 6 heteroatoms. The average molecular weight is 298 g/mol. The third-order valence-corrected chi connectivity index (χ3v) is 4.20. The summed E-state index contributed by atoms with van der Waals surface area (Å²) in [5.74, 6) is 0.291. The van der Waals surface area contributed by atoms with Crippen molar-refractivity contribution in [3.8, 4) is 0 Å². The zero-order valence-corrected chi connectivity index (χ0v) is 13.8. The fourth-order valence-electron chi connectivity index (χ4n) is 2.41. The number of piperazine rings is 1. The molecule has 0 unspecified atom stereocenters. The van der Waals surface area contributed by atoms with Crippen LogP contribution in [-0.2, 0) is 9.59 Å². The maximum absolute atomic E-state index is 12.2. The third kappa shape index (κ3) is 4.97. The van der Waals surface area contributed by atoms with Crippen LogP contribution in [0.2, 0.25) is 0 Å². The fraction of sp³-hybridized carbons (Fsp3) is 0.867. The summed E-state index contributed by atoms with van der Waals surface area (Å²) < 4.78 is 0. The summed E-state index contributed by atoms with van der Waals surface area (Å²) >= 11 is 0. The van der Waals surface area contributed by atoms with Crippen LogP contribution < -0.4 is 5.73 Å². The monoisotopic (exact) mass is 298 g/mol. The predicted molar refractivity (Wildman–Crippen MR) is 83.8 cm³/mol. The number of hydrogen-bond donors (Lipinski definition) is 1. The first-order valence-corrected chi connectivity index (χ1v) is 7.95. The molecule has 0 aromatic carbocycles. The molecule has 0 aromatic rings. The number of amides is 2. The Morgan fingerprint density at radius 2 is 1.52 bits per heavy atom. The summed E-state index contributed by atoms with van der Waals surface area (Å²) in [7, 11) is 0. The highest BCUT2D eigenvalue weighted by Crippen LogP contribution is 2.08. The van der Waals surface area contributed by atoms with Crippen molar-refractivity contribution in [3.05, 3.63) is 0 Å². The molecule has 122 valence electrons. The van der Waals surface area contributed by atoms with Crippen molar-refractivity contribution >= 4 is 11.8 Å². The molecular formula is C15H30N4O2. The van der Waals surface area contributed by atoms with Crippen LogP contribution in [0.4, 0.5) is 0 Å². The minimum absolute atomic E-state index is 0.000780. The predicted octanol–water partition coefficient (Wildman–Crippen LogP) is -0.0177. The largest absolute Gasteiger partial charge is 0.338 e. The molecule has 21 heavy (non-hydrogen) atoms. The van der Waals surface area contributed by atoms with Crippen molar-refractivity contribution in [3.63, 3.8) is 0 Å². The van der Waals surface area contributed by atoms with Gasteiger partial charge in [-0.25, -0.2) is 0 Å². The lowest BCUT2D eigenvalue weighted by Gasteiger charge is -2.37. The summed E-state index contributed by atoms with van der Waals surface area (Å²) in [6.07, 6.45) is 0. The van der Waals surface area contributed by atoms with Gasteiger partial charge in [0.15, 0.2) is 0 Å². The molecule has 0 aliphatic carbocycles. The first-order chi connectivity index (χ1) is 9.90. The van der Waals surface area contributed by atoms with Gasteiger partial charge in [0, 0.05) is 26.2 Å². The lowest BCUT2D eigenvalue weighted by molar-refractivity contribution is -0.141. The van der Waals surface area contributed by atoms with Gasteiger partial charge in [-0.3, -0.25) is 14.5 Å². The van der Waals surface area contributed by atoms with Gasteiger partial charge in [0.25, 0.3) is 0 Å².